The summed E-state index contributed by atoms with van der Waals surface area (Å²) < 4.78 is 4.86. The van der Waals surface area contributed by atoms with E-state index in [1.165, 1.54) is 0 Å². The lowest BCUT2D eigenvalue weighted by Crippen LogP contribution is -2.45. The van der Waals surface area contributed by atoms with Gasteiger partial charge in [0.25, 0.3) is 0 Å². The molecule has 0 radical (unpaired) electrons. The number of nitrogens with two attached hydrogens (primary N) is 1. The molecule has 0 saturated carbocycles. The summed E-state index contributed by atoms with van der Waals surface area (Å²) in [6, 6.07) is -0.230. The van der Waals surface area contributed by atoms with Gasteiger partial charge >= 0.3 is 6.03 Å². The molecular formula is C8H19N3O2. The van der Waals surface area contributed by atoms with Crippen molar-refractivity contribution < 1.29 is 9.53 Å². The third kappa shape index (κ3) is 5.43. The van der Waals surface area contributed by atoms with Gasteiger partial charge in [-0.2, -0.15) is 0 Å². The first-order chi connectivity index (χ1) is 6.11. The van der Waals surface area contributed by atoms with Gasteiger partial charge in [-0.05, 0) is 6.92 Å². The van der Waals surface area contributed by atoms with E-state index in [0.717, 1.165) is 0 Å². The number of hydrogen-bond donors (Lipinski definition) is 2. The fourth-order valence-corrected chi connectivity index (χ4v) is 0.988. The van der Waals surface area contributed by atoms with E-state index in [4.69, 9.17) is 10.5 Å². The Balaban J connectivity index is 3.71. The van der Waals surface area contributed by atoms with Gasteiger partial charge in [0.15, 0.2) is 0 Å². The molecule has 0 fully saturated rings. The molecule has 0 bridgehead atoms. The lowest BCUT2D eigenvalue weighted by molar-refractivity contribution is 0.160. The largest absolute Gasteiger partial charge is 0.383 e. The van der Waals surface area contributed by atoms with Crippen LogP contribution in [-0.2, 0) is 4.74 Å². The Labute approximate surface area is 79.2 Å². The van der Waals surface area contributed by atoms with Gasteiger partial charge in [-0.3, -0.25) is 0 Å². The predicted molar refractivity (Wildman–Crippen MR) is 51.6 cm³/mol. The fraction of sp³-hybridized carbons (Fsp3) is 0.875. The average molecular weight is 189 g/mol. The van der Waals surface area contributed by atoms with Crippen LogP contribution in [0.1, 0.15) is 6.92 Å². The Morgan fingerprint density at radius 1 is 1.69 bits per heavy atom. The van der Waals surface area contributed by atoms with E-state index < -0.39 is 0 Å². The molecule has 1 atom stereocenters. The maximum Gasteiger partial charge on any atom is 0.317 e. The Kier molecular flexibility index (Phi) is 6.26. The first-order valence-corrected chi connectivity index (χ1v) is 4.35. The highest BCUT2D eigenvalue weighted by Gasteiger charge is 2.10. The third-order valence-electron chi connectivity index (χ3n) is 1.56. The van der Waals surface area contributed by atoms with Crippen molar-refractivity contribution in [2.75, 3.05) is 33.9 Å². The van der Waals surface area contributed by atoms with Crippen LogP contribution in [0.5, 0.6) is 0 Å². The summed E-state index contributed by atoms with van der Waals surface area (Å²) in [6.07, 6.45) is 0. The lowest BCUT2D eigenvalue weighted by Gasteiger charge is -2.21. The zero-order chi connectivity index (χ0) is 10.3. The average Bonchev–Trinajstić information content (AvgIpc) is 2.05. The topological polar surface area (TPSA) is 67.6 Å². The van der Waals surface area contributed by atoms with Gasteiger partial charge in [0.1, 0.15) is 0 Å². The van der Waals surface area contributed by atoms with Crippen LogP contribution in [0.25, 0.3) is 0 Å². The fourth-order valence-electron chi connectivity index (χ4n) is 0.988. The molecule has 0 aliphatic rings. The summed E-state index contributed by atoms with van der Waals surface area (Å²) in [5.74, 6) is 0. The predicted octanol–water partition coefficient (Wildman–Crippen LogP) is -0.379. The molecule has 0 heterocycles. The molecule has 0 aromatic carbocycles. The van der Waals surface area contributed by atoms with Crippen LogP contribution in [0.3, 0.4) is 0 Å². The van der Waals surface area contributed by atoms with Crippen molar-refractivity contribution in [3.05, 3.63) is 0 Å². The van der Waals surface area contributed by atoms with Crippen molar-refractivity contribution in [2.24, 2.45) is 5.73 Å². The van der Waals surface area contributed by atoms with E-state index in [-0.39, 0.29) is 12.1 Å². The second kappa shape index (κ2) is 6.68. The molecule has 5 nitrogen and oxygen atoms in total. The first-order valence-electron chi connectivity index (χ1n) is 4.35. The zero-order valence-electron chi connectivity index (χ0n) is 8.54. The number of rotatable bonds is 5. The van der Waals surface area contributed by atoms with Crippen LogP contribution in [0.2, 0.25) is 0 Å². The molecule has 0 saturated heterocycles. The van der Waals surface area contributed by atoms with E-state index in [1.54, 1.807) is 19.1 Å². The van der Waals surface area contributed by atoms with Gasteiger partial charge in [-0.1, -0.05) is 0 Å². The number of hydrogen-bond acceptors (Lipinski definition) is 3. The number of carbonyl (C=O) groups is 1. The van der Waals surface area contributed by atoms with Gasteiger partial charge in [-0.15, -0.1) is 0 Å². The number of urea groups is 1. The molecule has 0 rings (SSSR count). The van der Waals surface area contributed by atoms with Crippen molar-refractivity contribution in [1.29, 1.82) is 0 Å². The number of methoxy groups -OCH3 is 1. The van der Waals surface area contributed by atoms with Crippen molar-refractivity contribution in [1.82, 2.24) is 10.2 Å². The smallest absolute Gasteiger partial charge is 0.317 e. The van der Waals surface area contributed by atoms with Crippen molar-refractivity contribution in [3.63, 3.8) is 0 Å². The summed E-state index contributed by atoms with van der Waals surface area (Å²) in [6.45, 7) is 3.47. The van der Waals surface area contributed by atoms with Gasteiger partial charge in [-0.25, -0.2) is 4.79 Å². The number of amides is 2. The molecule has 0 spiro atoms. The SMILES string of the molecule is CCNC(=O)N(C)CC(N)COC. The van der Waals surface area contributed by atoms with Gasteiger partial charge in [0.05, 0.1) is 6.61 Å². The normalized spacial score (nSPS) is 12.3. The van der Waals surface area contributed by atoms with E-state index in [2.05, 4.69) is 5.32 Å². The molecule has 0 aliphatic carbocycles. The van der Waals surface area contributed by atoms with Crippen LogP contribution < -0.4 is 11.1 Å². The van der Waals surface area contributed by atoms with Crippen LogP contribution >= 0.6 is 0 Å². The maximum atomic E-state index is 11.2. The second-order valence-electron chi connectivity index (χ2n) is 2.93. The summed E-state index contributed by atoms with van der Waals surface area (Å²) in [4.78, 5) is 12.8. The minimum atomic E-state index is -0.127. The maximum absolute atomic E-state index is 11.2. The van der Waals surface area contributed by atoms with E-state index in [1.807, 2.05) is 6.92 Å². The summed E-state index contributed by atoms with van der Waals surface area (Å²) in [5.41, 5.74) is 5.67. The Morgan fingerprint density at radius 2 is 2.31 bits per heavy atom. The van der Waals surface area contributed by atoms with Gasteiger partial charge in [0, 0.05) is 33.3 Å². The number of nitrogens with one attached hydrogen (secondary N) is 1. The molecule has 13 heavy (non-hydrogen) atoms. The minimum Gasteiger partial charge on any atom is -0.383 e. The zero-order valence-corrected chi connectivity index (χ0v) is 8.54. The first kappa shape index (κ1) is 12.2. The number of likely N-dealkylation sites (N-methyl/N-ethyl adjacent to an activating group) is 1. The molecule has 3 N–H and O–H groups in total. The Hall–Kier alpha value is -0.810. The molecule has 1 unspecified atom stereocenters. The molecule has 0 aromatic heterocycles. The molecule has 0 aromatic rings. The van der Waals surface area contributed by atoms with Gasteiger partial charge < -0.3 is 20.7 Å². The number of ether oxygens (including phenoxy) is 1. The van der Waals surface area contributed by atoms with E-state index in [0.29, 0.717) is 19.7 Å². The van der Waals surface area contributed by atoms with E-state index in [9.17, 15) is 4.79 Å². The highest BCUT2D eigenvalue weighted by atomic mass is 16.5. The van der Waals surface area contributed by atoms with Gasteiger partial charge in [0.2, 0.25) is 0 Å². The standard InChI is InChI=1S/C8H19N3O2/c1-4-10-8(12)11(2)5-7(9)6-13-3/h7H,4-6,9H2,1-3H3,(H,10,12). The lowest BCUT2D eigenvalue weighted by atomic mass is 10.3. The highest BCUT2D eigenvalue weighted by molar-refractivity contribution is 5.73. The third-order valence-corrected chi connectivity index (χ3v) is 1.56. The molecule has 78 valence electrons. The molecular weight excluding hydrogens is 170 g/mol. The van der Waals surface area contributed by atoms with Crippen LogP contribution in [0, 0.1) is 0 Å². The number of nitrogens with zero attached hydrogens (tertiary/aromatic N) is 1. The molecule has 0 aliphatic heterocycles. The quantitative estimate of drug-likeness (QED) is 0.619. The number of carbonyl (C=O) groups excluding carboxylic acids is 1. The van der Waals surface area contributed by atoms with Crippen molar-refractivity contribution in [3.8, 4) is 0 Å². The van der Waals surface area contributed by atoms with Crippen LogP contribution in [0.4, 0.5) is 4.79 Å². The Morgan fingerprint density at radius 3 is 2.77 bits per heavy atom. The van der Waals surface area contributed by atoms with Crippen molar-refractivity contribution >= 4 is 6.03 Å². The highest BCUT2D eigenvalue weighted by Crippen LogP contribution is 1.88. The van der Waals surface area contributed by atoms with E-state index >= 15 is 0 Å². The van der Waals surface area contributed by atoms with Crippen LogP contribution in [-0.4, -0.2) is 50.8 Å². The van der Waals surface area contributed by atoms with Crippen LogP contribution in [0.15, 0.2) is 0 Å². The summed E-state index contributed by atoms with van der Waals surface area (Å²) >= 11 is 0. The summed E-state index contributed by atoms with van der Waals surface area (Å²) in [7, 11) is 3.30. The summed E-state index contributed by atoms with van der Waals surface area (Å²) in [5, 5.41) is 2.68. The molecule has 5 heteroatoms. The van der Waals surface area contributed by atoms with Crippen molar-refractivity contribution in [2.45, 2.75) is 13.0 Å². The Bertz CT molecular complexity index is 152. The monoisotopic (exact) mass is 189 g/mol. The second-order valence-corrected chi connectivity index (χ2v) is 2.93. The minimum absolute atomic E-state index is 0.103. The molecule has 2 amide bonds.